The molecule has 4 aromatic carbocycles. The third-order valence-corrected chi connectivity index (χ3v) is 8.26. The van der Waals surface area contributed by atoms with Crippen LogP contribution in [-0.2, 0) is 23.0 Å². The number of hydrazone groups is 1. The van der Waals surface area contributed by atoms with Gasteiger partial charge in [0.1, 0.15) is 0 Å². The molecule has 0 aliphatic rings. The highest BCUT2D eigenvalue weighted by atomic mass is 35.5. The normalized spacial score (nSPS) is 11.7. The molecule has 0 heterocycles. The molecule has 0 radical (unpaired) electrons. The summed E-state index contributed by atoms with van der Waals surface area (Å²) in [5.74, 6) is -0.495. The molecule has 6 nitrogen and oxygen atoms in total. The van der Waals surface area contributed by atoms with Gasteiger partial charge in [-0.1, -0.05) is 83.9 Å². The predicted octanol–water partition coefficient (Wildman–Crippen LogP) is 6.78. The summed E-state index contributed by atoms with van der Waals surface area (Å²) >= 11 is 6.05. The second kappa shape index (κ2) is 12.7. The number of benzene rings is 4. The molecule has 39 heavy (non-hydrogen) atoms. The van der Waals surface area contributed by atoms with Crippen molar-refractivity contribution in [3.63, 3.8) is 0 Å². The highest BCUT2D eigenvalue weighted by Gasteiger charge is 2.28. The zero-order chi connectivity index (χ0) is 27.8. The summed E-state index contributed by atoms with van der Waals surface area (Å²) < 4.78 is 29.1. The number of halogens is 1. The monoisotopic (exact) mass is 559 g/mol. The van der Waals surface area contributed by atoms with Crippen molar-refractivity contribution in [2.75, 3.05) is 4.31 Å². The van der Waals surface area contributed by atoms with Crippen LogP contribution in [0.25, 0.3) is 0 Å². The quantitative estimate of drug-likeness (QED) is 0.172. The van der Waals surface area contributed by atoms with Crippen LogP contribution in [0.15, 0.2) is 113 Å². The molecule has 0 atom stereocenters. The number of aryl methyl sites for hydroxylation is 2. The second-order valence-electron chi connectivity index (χ2n) is 9.24. The zero-order valence-electron chi connectivity index (χ0n) is 21.8. The van der Waals surface area contributed by atoms with Crippen LogP contribution in [0.4, 0.5) is 5.69 Å². The Hall–Kier alpha value is -3.94. The summed E-state index contributed by atoms with van der Waals surface area (Å²) in [6.07, 6.45) is 1.47. The van der Waals surface area contributed by atoms with Gasteiger partial charge in [-0.05, 0) is 74.2 Å². The number of sulfonamides is 1. The van der Waals surface area contributed by atoms with Crippen molar-refractivity contribution in [3.05, 3.63) is 130 Å². The largest absolute Gasteiger partial charge is 0.273 e. The SMILES string of the molecule is C/C(CCc1ccccc1)=N\NC(=O)c1ccccc1N(Cc1ccc(Cl)cc1)S(=O)(=O)c1ccc(C)cc1. The molecule has 1 N–H and O–H groups in total. The standard InChI is InChI=1S/C31H30ClN3O3S/c1-23-12-20-28(21-13-23)39(37,38)35(22-26-16-18-27(32)19-17-26)30-11-7-6-10-29(30)31(36)34-33-24(2)14-15-25-8-4-3-5-9-25/h3-13,16-21H,14-15,22H2,1-2H3,(H,34,36)/b33-24+. The van der Waals surface area contributed by atoms with E-state index in [0.29, 0.717) is 11.4 Å². The highest BCUT2D eigenvalue weighted by molar-refractivity contribution is 7.92. The topological polar surface area (TPSA) is 78.8 Å². The summed E-state index contributed by atoms with van der Waals surface area (Å²) in [6.45, 7) is 3.75. The Bertz CT molecular complexity index is 1550. The van der Waals surface area contributed by atoms with Crippen LogP contribution in [0.2, 0.25) is 5.02 Å². The fourth-order valence-corrected chi connectivity index (χ4v) is 5.61. The summed E-state index contributed by atoms with van der Waals surface area (Å²) in [4.78, 5) is 13.4. The summed E-state index contributed by atoms with van der Waals surface area (Å²) in [6, 6.07) is 30.3. The molecule has 8 heteroatoms. The lowest BCUT2D eigenvalue weighted by molar-refractivity contribution is 0.0955. The maximum atomic E-state index is 13.9. The first-order valence-electron chi connectivity index (χ1n) is 12.5. The summed E-state index contributed by atoms with van der Waals surface area (Å²) in [5.41, 5.74) is 6.67. The smallest absolute Gasteiger partial charge is 0.267 e. The van der Waals surface area contributed by atoms with Gasteiger partial charge in [0.25, 0.3) is 15.9 Å². The van der Waals surface area contributed by atoms with E-state index in [4.69, 9.17) is 11.6 Å². The molecule has 4 rings (SSSR count). The van der Waals surface area contributed by atoms with Gasteiger partial charge in [-0.2, -0.15) is 5.10 Å². The minimum atomic E-state index is -4.02. The van der Waals surface area contributed by atoms with Crippen LogP contribution < -0.4 is 9.73 Å². The summed E-state index contributed by atoms with van der Waals surface area (Å²) in [5, 5.41) is 4.82. The number of nitrogens with one attached hydrogen (secondary N) is 1. The minimum Gasteiger partial charge on any atom is -0.267 e. The van der Waals surface area contributed by atoms with Crippen molar-refractivity contribution in [2.24, 2.45) is 5.10 Å². The molecule has 0 saturated carbocycles. The number of amides is 1. The molecule has 0 aliphatic carbocycles. The van der Waals surface area contributed by atoms with Gasteiger partial charge in [0, 0.05) is 10.7 Å². The van der Waals surface area contributed by atoms with E-state index in [1.54, 1.807) is 72.8 Å². The van der Waals surface area contributed by atoms with Crippen LogP contribution in [0, 0.1) is 6.92 Å². The van der Waals surface area contributed by atoms with E-state index in [0.717, 1.165) is 23.3 Å². The molecule has 0 fully saturated rings. The third kappa shape index (κ3) is 7.34. The Balaban J connectivity index is 1.64. The Labute approximate surface area is 235 Å². The van der Waals surface area contributed by atoms with Crippen LogP contribution in [-0.4, -0.2) is 20.0 Å². The van der Waals surface area contributed by atoms with Gasteiger partial charge in [0.2, 0.25) is 0 Å². The predicted molar refractivity (Wildman–Crippen MR) is 158 cm³/mol. The van der Waals surface area contributed by atoms with Crippen molar-refractivity contribution in [2.45, 2.75) is 38.1 Å². The van der Waals surface area contributed by atoms with Crippen molar-refractivity contribution >= 4 is 38.9 Å². The first-order chi connectivity index (χ1) is 18.7. The molecular formula is C31H30ClN3O3S. The number of nitrogens with zero attached hydrogens (tertiary/aromatic N) is 2. The molecule has 0 unspecified atom stereocenters. The first kappa shape index (κ1) is 28.1. The lowest BCUT2D eigenvalue weighted by Gasteiger charge is -2.26. The van der Waals surface area contributed by atoms with E-state index in [1.807, 2.05) is 44.2 Å². The average Bonchev–Trinajstić information content (AvgIpc) is 2.95. The van der Waals surface area contributed by atoms with E-state index in [1.165, 1.54) is 9.87 Å². The number of anilines is 1. The number of rotatable bonds is 10. The third-order valence-electron chi connectivity index (χ3n) is 6.23. The van der Waals surface area contributed by atoms with E-state index in [2.05, 4.69) is 10.5 Å². The van der Waals surface area contributed by atoms with Crippen molar-refractivity contribution in [1.29, 1.82) is 0 Å². The Morgan fingerprint density at radius 1 is 0.846 bits per heavy atom. The molecule has 200 valence electrons. The molecule has 4 aromatic rings. The Kier molecular flexibility index (Phi) is 9.17. The molecular weight excluding hydrogens is 530 g/mol. The molecule has 0 aliphatic heterocycles. The number of hydrogen-bond acceptors (Lipinski definition) is 4. The minimum absolute atomic E-state index is 0.0110. The van der Waals surface area contributed by atoms with Crippen molar-refractivity contribution < 1.29 is 13.2 Å². The maximum Gasteiger partial charge on any atom is 0.273 e. The van der Waals surface area contributed by atoms with Crippen molar-refractivity contribution in [3.8, 4) is 0 Å². The number of para-hydroxylation sites is 1. The fourth-order valence-electron chi connectivity index (χ4n) is 4.01. The van der Waals surface area contributed by atoms with Crippen molar-refractivity contribution in [1.82, 2.24) is 5.43 Å². The van der Waals surface area contributed by atoms with E-state index >= 15 is 0 Å². The van der Waals surface area contributed by atoms with Gasteiger partial charge in [0.05, 0.1) is 22.7 Å². The summed E-state index contributed by atoms with van der Waals surface area (Å²) in [7, 11) is -4.02. The molecule has 0 saturated heterocycles. The van der Waals surface area contributed by atoms with Gasteiger partial charge >= 0.3 is 0 Å². The number of carbonyl (C=O) groups is 1. The first-order valence-corrected chi connectivity index (χ1v) is 14.4. The lowest BCUT2D eigenvalue weighted by Crippen LogP contribution is -2.33. The highest BCUT2D eigenvalue weighted by Crippen LogP contribution is 2.30. The molecule has 0 bridgehead atoms. The van der Waals surface area contributed by atoms with Gasteiger partial charge in [-0.25, -0.2) is 13.8 Å². The van der Waals surface area contributed by atoms with E-state index < -0.39 is 15.9 Å². The number of hydrogen-bond donors (Lipinski definition) is 1. The maximum absolute atomic E-state index is 13.9. The molecule has 0 aromatic heterocycles. The zero-order valence-corrected chi connectivity index (χ0v) is 23.4. The van der Waals surface area contributed by atoms with Crippen LogP contribution >= 0.6 is 11.6 Å². The van der Waals surface area contributed by atoms with E-state index in [9.17, 15) is 13.2 Å². The van der Waals surface area contributed by atoms with E-state index in [-0.39, 0.29) is 22.7 Å². The second-order valence-corrected chi connectivity index (χ2v) is 11.5. The number of carbonyl (C=O) groups excluding carboxylic acids is 1. The van der Waals surface area contributed by atoms with Crippen LogP contribution in [0.3, 0.4) is 0 Å². The van der Waals surface area contributed by atoms with Gasteiger partial charge in [0.15, 0.2) is 0 Å². The molecule has 0 spiro atoms. The lowest BCUT2D eigenvalue weighted by atomic mass is 10.1. The van der Waals surface area contributed by atoms with Gasteiger partial charge < -0.3 is 0 Å². The molecule has 1 amide bonds. The fraction of sp³-hybridized carbons (Fsp3) is 0.161. The van der Waals surface area contributed by atoms with Gasteiger partial charge in [-0.15, -0.1) is 0 Å². The van der Waals surface area contributed by atoms with Crippen LogP contribution in [0.1, 0.15) is 40.4 Å². The Morgan fingerprint density at radius 2 is 1.49 bits per heavy atom. The Morgan fingerprint density at radius 3 is 2.18 bits per heavy atom. The van der Waals surface area contributed by atoms with Gasteiger partial charge in [-0.3, -0.25) is 9.10 Å². The average molecular weight is 560 g/mol. The van der Waals surface area contributed by atoms with Crippen LogP contribution in [0.5, 0.6) is 0 Å².